The van der Waals surface area contributed by atoms with Gasteiger partial charge in [-0.05, 0) is 33.2 Å². The lowest BCUT2D eigenvalue weighted by Gasteiger charge is -2.51. The lowest BCUT2D eigenvalue weighted by atomic mass is 9.85. The predicted octanol–water partition coefficient (Wildman–Crippen LogP) is 2.25. The molecule has 0 aliphatic carbocycles. The first-order chi connectivity index (χ1) is 6.49. The van der Waals surface area contributed by atoms with Crippen molar-refractivity contribution in [3.8, 4) is 0 Å². The van der Waals surface area contributed by atoms with E-state index in [1.165, 1.54) is 19.4 Å². The number of rotatable bonds is 3. The van der Waals surface area contributed by atoms with E-state index in [1.807, 2.05) is 0 Å². The molecule has 0 aromatic heterocycles. The van der Waals surface area contributed by atoms with Gasteiger partial charge in [0, 0.05) is 24.2 Å². The molecule has 0 aromatic carbocycles. The van der Waals surface area contributed by atoms with Gasteiger partial charge < -0.3 is 5.32 Å². The van der Waals surface area contributed by atoms with Crippen molar-refractivity contribution in [3.05, 3.63) is 0 Å². The van der Waals surface area contributed by atoms with Crippen LogP contribution in [0.25, 0.3) is 0 Å². The quantitative estimate of drug-likeness (QED) is 0.748. The van der Waals surface area contributed by atoms with Gasteiger partial charge in [-0.3, -0.25) is 4.90 Å². The van der Waals surface area contributed by atoms with Crippen molar-refractivity contribution >= 4 is 0 Å². The summed E-state index contributed by atoms with van der Waals surface area (Å²) in [5, 5.41) is 3.74. The molecule has 0 unspecified atom stereocenters. The van der Waals surface area contributed by atoms with E-state index < -0.39 is 0 Å². The topological polar surface area (TPSA) is 15.3 Å². The lowest BCUT2D eigenvalue weighted by Crippen LogP contribution is -2.67. The monoisotopic (exact) mass is 198 g/mol. The summed E-state index contributed by atoms with van der Waals surface area (Å²) >= 11 is 0. The molecule has 2 nitrogen and oxygen atoms in total. The molecular weight excluding hydrogens is 172 g/mol. The molecule has 1 aliphatic rings. The number of nitrogens with zero attached hydrogens (tertiary/aromatic N) is 1. The van der Waals surface area contributed by atoms with E-state index in [2.05, 4.69) is 44.8 Å². The van der Waals surface area contributed by atoms with Gasteiger partial charge in [0.2, 0.25) is 0 Å². The van der Waals surface area contributed by atoms with Crippen molar-refractivity contribution in [1.82, 2.24) is 10.2 Å². The SMILES string of the molecule is CCN1CC(CC)(CC)NCC1(C)C. The molecule has 1 rings (SSSR count). The van der Waals surface area contributed by atoms with Crippen LogP contribution in [-0.4, -0.2) is 35.6 Å². The van der Waals surface area contributed by atoms with Crippen LogP contribution in [0.5, 0.6) is 0 Å². The van der Waals surface area contributed by atoms with Gasteiger partial charge in [0.25, 0.3) is 0 Å². The summed E-state index contributed by atoms with van der Waals surface area (Å²) in [5.41, 5.74) is 0.689. The highest BCUT2D eigenvalue weighted by atomic mass is 15.3. The largest absolute Gasteiger partial charge is 0.308 e. The Morgan fingerprint density at radius 2 is 1.71 bits per heavy atom. The van der Waals surface area contributed by atoms with Crippen LogP contribution in [0, 0.1) is 0 Å². The minimum Gasteiger partial charge on any atom is -0.308 e. The second kappa shape index (κ2) is 4.19. The zero-order valence-electron chi connectivity index (χ0n) is 10.5. The first-order valence-electron chi connectivity index (χ1n) is 6.00. The number of likely N-dealkylation sites (N-methyl/N-ethyl adjacent to an activating group) is 1. The van der Waals surface area contributed by atoms with Crippen LogP contribution >= 0.6 is 0 Å². The van der Waals surface area contributed by atoms with Crippen LogP contribution in [0.3, 0.4) is 0 Å². The molecule has 0 saturated carbocycles. The summed E-state index contributed by atoms with van der Waals surface area (Å²) in [4.78, 5) is 2.61. The molecule has 0 atom stereocenters. The molecule has 0 radical (unpaired) electrons. The third-order valence-corrected chi connectivity index (χ3v) is 3.98. The smallest absolute Gasteiger partial charge is 0.0304 e. The molecule has 1 N–H and O–H groups in total. The lowest BCUT2D eigenvalue weighted by molar-refractivity contribution is 0.0270. The minimum absolute atomic E-state index is 0.322. The molecule has 0 spiro atoms. The predicted molar refractivity (Wildman–Crippen MR) is 62.6 cm³/mol. The molecular formula is C12H26N2. The Bertz CT molecular complexity index is 183. The summed E-state index contributed by atoms with van der Waals surface area (Å²) in [6.45, 7) is 15.0. The van der Waals surface area contributed by atoms with Crippen molar-refractivity contribution in [1.29, 1.82) is 0 Å². The first-order valence-corrected chi connectivity index (χ1v) is 6.00. The Balaban J connectivity index is 2.74. The maximum absolute atomic E-state index is 3.74. The van der Waals surface area contributed by atoms with Gasteiger partial charge in [0.1, 0.15) is 0 Å². The summed E-state index contributed by atoms with van der Waals surface area (Å²) in [6, 6.07) is 0. The summed E-state index contributed by atoms with van der Waals surface area (Å²) in [6.07, 6.45) is 2.46. The second-order valence-corrected chi connectivity index (χ2v) is 5.17. The fourth-order valence-electron chi connectivity index (χ4n) is 2.41. The van der Waals surface area contributed by atoms with Crippen molar-refractivity contribution in [2.75, 3.05) is 19.6 Å². The molecule has 0 aromatic rings. The fourth-order valence-corrected chi connectivity index (χ4v) is 2.41. The van der Waals surface area contributed by atoms with E-state index >= 15 is 0 Å². The summed E-state index contributed by atoms with van der Waals surface area (Å²) < 4.78 is 0. The van der Waals surface area contributed by atoms with Gasteiger partial charge in [-0.1, -0.05) is 20.8 Å². The highest BCUT2D eigenvalue weighted by Gasteiger charge is 2.39. The van der Waals surface area contributed by atoms with Crippen LogP contribution in [0.2, 0.25) is 0 Å². The zero-order valence-corrected chi connectivity index (χ0v) is 10.5. The van der Waals surface area contributed by atoms with Crippen LogP contribution in [0.1, 0.15) is 47.5 Å². The maximum Gasteiger partial charge on any atom is 0.0304 e. The molecule has 1 heterocycles. The number of hydrogen-bond acceptors (Lipinski definition) is 2. The molecule has 1 aliphatic heterocycles. The van der Waals surface area contributed by atoms with Crippen molar-refractivity contribution in [2.24, 2.45) is 0 Å². The zero-order chi connectivity index (χ0) is 10.8. The van der Waals surface area contributed by atoms with Gasteiger partial charge >= 0.3 is 0 Å². The van der Waals surface area contributed by atoms with Crippen LogP contribution in [0.15, 0.2) is 0 Å². The van der Waals surface area contributed by atoms with Crippen LogP contribution in [-0.2, 0) is 0 Å². The van der Waals surface area contributed by atoms with Gasteiger partial charge in [0.15, 0.2) is 0 Å². The molecule has 0 amide bonds. The summed E-state index contributed by atoms with van der Waals surface area (Å²) in [7, 11) is 0. The Morgan fingerprint density at radius 3 is 2.14 bits per heavy atom. The van der Waals surface area contributed by atoms with Crippen LogP contribution < -0.4 is 5.32 Å². The van der Waals surface area contributed by atoms with E-state index in [9.17, 15) is 0 Å². The van der Waals surface area contributed by atoms with Crippen molar-refractivity contribution < 1.29 is 0 Å². The maximum atomic E-state index is 3.74. The minimum atomic E-state index is 0.322. The average Bonchev–Trinajstić information content (AvgIpc) is 2.19. The van der Waals surface area contributed by atoms with E-state index in [4.69, 9.17) is 0 Å². The Labute approximate surface area is 89.1 Å². The van der Waals surface area contributed by atoms with E-state index in [0.717, 1.165) is 13.1 Å². The molecule has 1 saturated heterocycles. The van der Waals surface area contributed by atoms with Gasteiger partial charge in [-0.15, -0.1) is 0 Å². The van der Waals surface area contributed by atoms with Gasteiger partial charge in [-0.25, -0.2) is 0 Å². The number of piperazine rings is 1. The highest BCUT2D eigenvalue weighted by molar-refractivity contribution is 5.00. The average molecular weight is 198 g/mol. The van der Waals surface area contributed by atoms with Crippen molar-refractivity contribution in [3.63, 3.8) is 0 Å². The van der Waals surface area contributed by atoms with E-state index in [0.29, 0.717) is 11.1 Å². The van der Waals surface area contributed by atoms with Crippen molar-refractivity contribution in [2.45, 2.75) is 58.5 Å². The first kappa shape index (κ1) is 12.0. The standard InChI is InChI=1S/C12H26N2/c1-6-12(7-2)10-14(8-3)11(4,5)9-13-12/h13H,6-10H2,1-5H3. The molecule has 1 fully saturated rings. The van der Waals surface area contributed by atoms with Gasteiger partial charge in [0.05, 0.1) is 0 Å². The normalized spacial score (nSPS) is 26.4. The fraction of sp³-hybridized carbons (Fsp3) is 1.00. The molecule has 0 bridgehead atoms. The third kappa shape index (κ3) is 2.12. The third-order valence-electron chi connectivity index (χ3n) is 3.98. The molecule has 14 heavy (non-hydrogen) atoms. The number of hydrogen-bond donors (Lipinski definition) is 1. The van der Waals surface area contributed by atoms with E-state index in [-0.39, 0.29) is 0 Å². The Morgan fingerprint density at radius 1 is 1.14 bits per heavy atom. The highest BCUT2D eigenvalue weighted by Crippen LogP contribution is 2.27. The Kier molecular flexibility index (Phi) is 3.59. The Hall–Kier alpha value is -0.0800. The van der Waals surface area contributed by atoms with Crippen LogP contribution in [0.4, 0.5) is 0 Å². The van der Waals surface area contributed by atoms with Gasteiger partial charge in [-0.2, -0.15) is 0 Å². The summed E-state index contributed by atoms with van der Waals surface area (Å²) in [5.74, 6) is 0. The molecule has 84 valence electrons. The molecule has 2 heteroatoms. The second-order valence-electron chi connectivity index (χ2n) is 5.17. The van der Waals surface area contributed by atoms with E-state index in [1.54, 1.807) is 0 Å². The number of nitrogens with one attached hydrogen (secondary N) is 1.